The summed E-state index contributed by atoms with van der Waals surface area (Å²) in [5.41, 5.74) is 5.59. The predicted octanol–water partition coefficient (Wildman–Crippen LogP) is 2.53. The average Bonchev–Trinajstić information content (AvgIpc) is 2.66. The summed E-state index contributed by atoms with van der Waals surface area (Å²) in [5.74, 6) is -1.51. The molecule has 0 spiro atoms. The van der Waals surface area contributed by atoms with E-state index >= 15 is 0 Å². The lowest BCUT2D eigenvalue weighted by Crippen LogP contribution is -2.49. The summed E-state index contributed by atoms with van der Waals surface area (Å²) in [6.07, 6.45) is 1.47. The number of piperidine rings is 1. The summed E-state index contributed by atoms with van der Waals surface area (Å²) in [6, 6.07) is 6.52. The molecule has 1 fully saturated rings. The van der Waals surface area contributed by atoms with Crippen molar-refractivity contribution in [3.63, 3.8) is 0 Å². The summed E-state index contributed by atoms with van der Waals surface area (Å²) >= 11 is 0. The van der Waals surface area contributed by atoms with E-state index in [4.69, 9.17) is 16.2 Å². The maximum absolute atomic E-state index is 13.1. The van der Waals surface area contributed by atoms with Gasteiger partial charge >= 0.3 is 5.97 Å². The van der Waals surface area contributed by atoms with Crippen LogP contribution in [0.3, 0.4) is 0 Å². The summed E-state index contributed by atoms with van der Waals surface area (Å²) in [6.45, 7) is 6.37. The van der Waals surface area contributed by atoms with Crippen molar-refractivity contribution in [2.45, 2.75) is 40.0 Å². The smallest absolute Gasteiger partial charge is 0.303 e. The van der Waals surface area contributed by atoms with Gasteiger partial charge in [-0.05, 0) is 18.8 Å². The van der Waals surface area contributed by atoms with Crippen LogP contribution in [0, 0.1) is 22.7 Å². The number of nitrogen functional groups attached to an aromatic ring is 1. The molecule has 7 heteroatoms. The SMILES string of the molecule is CC(C(=O)c1ccc(C(=N)N)cc1)C(C)(C)C(=O)N1CCC(CC(=O)O)CC1. The number of aliphatic carboxylic acids is 1. The maximum atomic E-state index is 13.1. The molecule has 28 heavy (non-hydrogen) atoms. The molecule has 0 saturated carbocycles. The Hall–Kier alpha value is -2.70. The highest BCUT2D eigenvalue weighted by Crippen LogP contribution is 2.33. The molecule has 1 amide bonds. The number of nitrogens with one attached hydrogen (secondary N) is 1. The van der Waals surface area contributed by atoms with Gasteiger partial charge in [-0.1, -0.05) is 45.0 Å². The largest absolute Gasteiger partial charge is 0.481 e. The van der Waals surface area contributed by atoms with Crippen molar-refractivity contribution >= 4 is 23.5 Å². The molecule has 4 N–H and O–H groups in total. The van der Waals surface area contributed by atoms with Crippen molar-refractivity contribution in [2.24, 2.45) is 23.0 Å². The van der Waals surface area contributed by atoms with Gasteiger partial charge < -0.3 is 15.7 Å². The van der Waals surface area contributed by atoms with Crippen LogP contribution in [-0.2, 0) is 9.59 Å². The van der Waals surface area contributed by atoms with E-state index < -0.39 is 17.3 Å². The molecule has 152 valence electrons. The molecule has 7 nitrogen and oxygen atoms in total. The van der Waals surface area contributed by atoms with Crippen molar-refractivity contribution in [3.8, 4) is 0 Å². The lowest BCUT2D eigenvalue weighted by Gasteiger charge is -2.39. The fourth-order valence-electron chi connectivity index (χ4n) is 3.57. The summed E-state index contributed by atoms with van der Waals surface area (Å²) in [5, 5.41) is 16.4. The maximum Gasteiger partial charge on any atom is 0.303 e. The number of rotatable bonds is 7. The third kappa shape index (κ3) is 4.77. The van der Waals surface area contributed by atoms with Gasteiger partial charge in [-0.2, -0.15) is 0 Å². The average molecular weight is 387 g/mol. The van der Waals surface area contributed by atoms with E-state index in [1.807, 2.05) is 0 Å². The Balaban J connectivity index is 2.05. The van der Waals surface area contributed by atoms with E-state index in [1.54, 1.807) is 49.9 Å². The van der Waals surface area contributed by atoms with Gasteiger partial charge in [0.25, 0.3) is 0 Å². The van der Waals surface area contributed by atoms with Crippen LogP contribution in [0.2, 0.25) is 0 Å². The molecule has 1 aliphatic heterocycles. The second kappa shape index (κ2) is 8.54. The number of likely N-dealkylation sites (tertiary alicyclic amines) is 1. The van der Waals surface area contributed by atoms with E-state index in [1.165, 1.54) is 0 Å². The number of nitrogens with zero attached hydrogens (tertiary/aromatic N) is 1. The number of ketones is 1. The van der Waals surface area contributed by atoms with Gasteiger partial charge in [0.05, 0.1) is 5.41 Å². The van der Waals surface area contributed by atoms with Gasteiger partial charge in [0.2, 0.25) is 5.91 Å². The molecule has 2 rings (SSSR count). The second-order valence-electron chi connectivity index (χ2n) is 8.13. The van der Waals surface area contributed by atoms with Crippen molar-refractivity contribution in [1.29, 1.82) is 5.41 Å². The number of hydrogen-bond donors (Lipinski definition) is 3. The number of amides is 1. The normalized spacial score (nSPS) is 16.5. The van der Waals surface area contributed by atoms with Gasteiger partial charge in [0.1, 0.15) is 5.84 Å². The highest BCUT2D eigenvalue weighted by molar-refractivity contribution is 6.02. The van der Waals surface area contributed by atoms with Crippen molar-refractivity contribution < 1.29 is 19.5 Å². The Kier molecular flexibility index (Phi) is 6.59. The summed E-state index contributed by atoms with van der Waals surface area (Å²) in [7, 11) is 0. The minimum absolute atomic E-state index is 0.0612. The number of carboxylic acid groups (broad SMARTS) is 1. The van der Waals surface area contributed by atoms with Crippen molar-refractivity contribution in [3.05, 3.63) is 35.4 Å². The number of benzene rings is 1. The lowest BCUT2D eigenvalue weighted by molar-refractivity contribution is -0.144. The zero-order valence-electron chi connectivity index (χ0n) is 16.7. The Morgan fingerprint density at radius 3 is 2.14 bits per heavy atom. The molecule has 1 aromatic carbocycles. The summed E-state index contributed by atoms with van der Waals surface area (Å²) in [4.78, 5) is 38.6. The highest BCUT2D eigenvalue weighted by Gasteiger charge is 2.41. The minimum atomic E-state index is -0.879. The number of carbonyl (C=O) groups excluding carboxylic acids is 2. The van der Waals surface area contributed by atoms with E-state index in [9.17, 15) is 14.4 Å². The standard InChI is InChI=1S/C21H29N3O4/c1-13(18(27)15-4-6-16(7-5-15)19(22)23)21(2,3)20(28)24-10-8-14(9-11-24)12-17(25)26/h4-7,13-14H,8-12H2,1-3H3,(H3,22,23)(H,25,26). The van der Waals surface area contributed by atoms with Crippen molar-refractivity contribution in [2.75, 3.05) is 13.1 Å². The number of hydrogen-bond acceptors (Lipinski definition) is 4. The van der Waals surface area contributed by atoms with Crippen LogP contribution in [0.1, 0.15) is 56.0 Å². The first-order chi connectivity index (χ1) is 13.0. The molecule has 1 atom stereocenters. The zero-order valence-corrected chi connectivity index (χ0v) is 16.7. The monoisotopic (exact) mass is 387 g/mol. The Morgan fingerprint density at radius 2 is 1.68 bits per heavy atom. The quantitative estimate of drug-likeness (QED) is 0.377. The predicted molar refractivity (Wildman–Crippen MR) is 106 cm³/mol. The van der Waals surface area contributed by atoms with Gasteiger partial charge in [-0.3, -0.25) is 19.8 Å². The van der Waals surface area contributed by atoms with Gasteiger partial charge in [0, 0.05) is 36.6 Å². The first-order valence-corrected chi connectivity index (χ1v) is 9.54. The fraction of sp³-hybridized carbons (Fsp3) is 0.524. The molecule has 0 aliphatic carbocycles. The van der Waals surface area contributed by atoms with Crippen LogP contribution >= 0.6 is 0 Å². The molecule has 0 bridgehead atoms. The topological polar surface area (TPSA) is 125 Å². The van der Waals surface area contributed by atoms with Crippen LogP contribution < -0.4 is 5.73 Å². The van der Waals surface area contributed by atoms with E-state index in [-0.39, 0.29) is 29.9 Å². The van der Waals surface area contributed by atoms with Gasteiger partial charge in [0.15, 0.2) is 5.78 Å². The number of nitrogens with two attached hydrogens (primary N) is 1. The van der Waals surface area contributed by atoms with E-state index in [2.05, 4.69) is 0 Å². The molecular formula is C21H29N3O4. The number of carbonyl (C=O) groups is 3. The Labute approximate surface area is 165 Å². The first-order valence-electron chi connectivity index (χ1n) is 9.54. The molecule has 0 aromatic heterocycles. The number of Topliss-reactive ketones (excluding diaryl/α,β-unsaturated/α-hetero) is 1. The molecule has 1 saturated heterocycles. The van der Waals surface area contributed by atoms with E-state index in [0.29, 0.717) is 37.1 Å². The lowest BCUT2D eigenvalue weighted by atomic mass is 9.74. The van der Waals surface area contributed by atoms with Crippen LogP contribution in [-0.4, -0.2) is 46.6 Å². The van der Waals surface area contributed by atoms with Gasteiger partial charge in [-0.25, -0.2) is 0 Å². The third-order valence-electron chi connectivity index (χ3n) is 5.87. The molecule has 1 aromatic rings. The zero-order chi connectivity index (χ0) is 21.1. The second-order valence-corrected chi connectivity index (χ2v) is 8.13. The third-order valence-corrected chi connectivity index (χ3v) is 5.87. The van der Waals surface area contributed by atoms with Crippen LogP contribution in [0.5, 0.6) is 0 Å². The summed E-state index contributed by atoms with van der Waals surface area (Å²) < 4.78 is 0. The highest BCUT2D eigenvalue weighted by atomic mass is 16.4. The molecular weight excluding hydrogens is 358 g/mol. The Morgan fingerprint density at radius 1 is 1.18 bits per heavy atom. The number of amidine groups is 1. The van der Waals surface area contributed by atoms with E-state index in [0.717, 1.165) is 0 Å². The van der Waals surface area contributed by atoms with Crippen LogP contribution in [0.15, 0.2) is 24.3 Å². The first kappa shape index (κ1) is 21.6. The molecule has 1 heterocycles. The Bertz CT molecular complexity index is 762. The molecule has 1 aliphatic rings. The number of carboxylic acids is 1. The molecule has 0 radical (unpaired) electrons. The minimum Gasteiger partial charge on any atom is -0.481 e. The van der Waals surface area contributed by atoms with Crippen molar-refractivity contribution in [1.82, 2.24) is 4.90 Å². The molecule has 1 unspecified atom stereocenters. The van der Waals surface area contributed by atoms with Gasteiger partial charge in [-0.15, -0.1) is 0 Å². The van der Waals surface area contributed by atoms with Crippen LogP contribution in [0.4, 0.5) is 0 Å². The van der Waals surface area contributed by atoms with Crippen LogP contribution in [0.25, 0.3) is 0 Å². The fourth-order valence-corrected chi connectivity index (χ4v) is 3.57.